The van der Waals surface area contributed by atoms with Gasteiger partial charge in [0.2, 0.25) is 0 Å². The highest BCUT2D eigenvalue weighted by molar-refractivity contribution is 7.99. The molecule has 59 heavy (non-hydrogen) atoms. The van der Waals surface area contributed by atoms with E-state index >= 15 is 0 Å². The number of hydrogen-bond donors (Lipinski definition) is 0. The summed E-state index contributed by atoms with van der Waals surface area (Å²) in [5.74, 6) is 0. The molecule has 0 aliphatic rings. The van der Waals surface area contributed by atoms with E-state index in [-0.39, 0.29) is 21.7 Å². The second-order valence-corrected chi connectivity index (χ2v) is 20.8. The maximum Gasteiger partial charge on any atom is 0.0541 e. The smallest absolute Gasteiger partial charge is 0.0541 e. The quantitative estimate of drug-likeness (QED) is 0.172. The zero-order valence-electron chi connectivity index (χ0n) is 38.8. The third-order valence-electron chi connectivity index (χ3n) is 11.4. The van der Waals surface area contributed by atoms with Crippen LogP contribution in [0.15, 0.2) is 131 Å². The molecule has 0 atom stereocenters. The van der Waals surface area contributed by atoms with E-state index in [1.807, 2.05) is 39.5 Å². The standard InChI is InChI=1S/C52H56N2S.2C2H6/c1-49(2,3)33-13-25-45-41(29-33)42-30-34(50(4,5)6)14-26-46(42)53(45)37-17-21-39(22-18-37)55-40-23-19-38(20-24-40)54-47-27-15-35(51(7,8)9)31-43(47)44-32-36(52(10,11)12)16-28-48(44)54;2*1-2/h13-32H,1-12H3;2*1-2H3. The molecule has 0 bridgehead atoms. The fourth-order valence-electron chi connectivity index (χ4n) is 7.93. The van der Waals surface area contributed by atoms with Crippen LogP contribution in [0.2, 0.25) is 0 Å². The summed E-state index contributed by atoms with van der Waals surface area (Å²) >= 11 is 1.81. The predicted molar refractivity (Wildman–Crippen MR) is 263 cm³/mol. The van der Waals surface area contributed by atoms with Gasteiger partial charge >= 0.3 is 0 Å². The molecular formula is C56H68N2S. The summed E-state index contributed by atoms with van der Waals surface area (Å²) in [5.41, 5.74) is 13.1. The second-order valence-electron chi connectivity index (χ2n) is 19.7. The minimum Gasteiger partial charge on any atom is -0.309 e. The van der Waals surface area contributed by atoms with Gasteiger partial charge in [-0.15, -0.1) is 0 Å². The van der Waals surface area contributed by atoms with Crippen molar-refractivity contribution in [3.8, 4) is 11.4 Å². The lowest BCUT2D eigenvalue weighted by Gasteiger charge is -2.19. The number of fused-ring (bicyclic) bond motifs is 6. The van der Waals surface area contributed by atoms with Crippen molar-refractivity contribution in [1.29, 1.82) is 0 Å². The molecule has 0 spiro atoms. The highest BCUT2D eigenvalue weighted by Gasteiger charge is 2.23. The summed E-state index contributed by atoms with van der Waals surface area (Å²) in [6.45, 7) is 35.6. The van der Waals surface area contributed by atoms with Crippen LogP contribution in [0.4, 0.5) is 0 Å². The fourth-order valence-corrected chi connectivity index (χ4v) is 8.75. The van der Waals surface area contributed by atoms with Gasteiger partial charge in [0.15, 0.2) is 0 Å². The van der Waals surface area contributed by atoms with Crippen molar-refractivity contribution in [3.63, 3.8) is 0 Å². The molecular weight excluding hydrogens is 733 g/mol. The van der Waals surface area contributed by atoms with Crippen molar-refractivity contribution >= 4 is 55.4 Å². The lowest BCUT2D eigenvalue weighted by molar-refractivity contribution is 0.590. The third-order valence-corrected chi connectivity index (χ3v) is 12.4. The maximum absolute atomic E-state index is 2.44. The SMILES string of the molecule is CC.CC.CC(C)(C)c1ccc2c(c1)c1cc(C(C)(C)C)ccc1n2-c1ccc(Sc2ccc(-n3c4ccc(C(C)(C)C)cc4c4cc(C(C)(C)C)ccc43)cc2)cc1. The van der Waals surface area contributed by atoms with E-state index in [1.54, 1.807) is 0 Å². The summed E-state index contributed by atoms with van der Waals surface area (Å²) in [7, 11) is 0. The number of benzene rings is 6. The van der Waals surface area contributed by atoms with Crippen LogP contribution < -0.4 is 0 Å². The van der Waals surface area contributed by atoms with E-state index in [0.717, 1.165) is 0 Å². The van der Waals surface area contributed by atoms with Crippen LogP contribution in [-0.4, -0.2) is 9.13 Å². The van der Waals surface area contributed by atoms with E-state index in [1.165, 1.54) is 87.0 Å². The highest BCUT2D eigenvalue weighted by Crippen LogP contribution is 2.40. The van der Waals surface area contributed by atoms with E-state index in [4.69, 9.17) is 0 Å². The molecule has 0 unspecified atom stereocenters. The Hall–Kier alpha value is -4.73. The molecule has 0 N–H and O–H groups in total. The Balaban J connectivity index is 0.00000142. The molecule has 0 saturated carbocycles. The largest absolute Gasteiger partial charge is 0.309 e. The molecule has 2 heterocycles. The van der Waals surface area contributed by atoms with Crippen molar-refractivity contribution in [2.45, 2.75) is 142 Å². The van der Waals surface area contributed by atoms with E-state index in [0.29, 0.717) is 0 Å². The van der Waals surface area contributed by atoms with Crippen molar-refractivity contribution in [2.24, 2.45) is 0 Å². The lowest BCUT2D eigenvalue weighted by atomic mass is 9.85. The molecule has 308 valence electrons. The van der Waals surface area contributed by atoms with Gasteiger partial charge in [0.25, 0.3) is 0 Å². The first-order valence-electron chi connectivity index (χ1n) is 21.8. The molecule has 0 fully saturated rings. The van der Waals surface area contributed by atoms with Crippen LogP contribution >= 0.6 is 11.8 Å². The summed E-state index contributed by atoms with van der Waals surface area (Å²) in [6.07, 6.45) is 0. The van der Waals surface area contributed by atoms with E-state index in [9.17, 15) is 0 Å². The third kappa shape index (κ3) is 8.64. The average Bonchev–Trinajstić information content (AvgIpc) is 3.70. The zero-order valence-corrected chi connectivity index (χ0v) is 39.7. The predicted octanol–water partition coefficient (Wildman–Crippen LogP) is 17.3. The van der Waals surface area contributed by atoms with Gasteiger partial charge < -0.3 is 9.13 Å². The first-order chi connectivity index (χ1) is 27.8. The van der Waals surface area contributed by atoms with Gasteiger partial charge in [-0.3, -0.25) is 0 Å². The Kier molecular flexibility index (Phi) is 12.2. The Morgan fingerprint density at radius 3 is 0.729 bits per heavy atom. The second kappa shape index (κ2) is 16.4. The monoisotopic (exact) mass is 801 g/mol. The average molecular weight is 801 g/mol. The first-order valence-corrected chi connectivity index (χ1v) is 22.7. The molecule has 8 rings (SSSR count). The molecule has 2 nitrogen and oxygen atoms in total. The molecule has 0 aliphatic heterocycles. The minimum absolute atomic E-state index is 0.0804. The molecule has 0 aliphatic carbocycles. The molecule has 3 heteroatoms. The van der Waals surface area contributed by atoms with E-state index in [2.05, 4.69) is 214 Å². The van der Waals surface area contributed by atoms with Crippen LogP contribution in [0.1, 0.15) is 133 Å². The van der Waals surface area contributed by atoms with Crippen LogP contribution in [0.3, 0.4) is 0 Å². The van der Waals surface area contributed by atoms with Gasteiger partial charge in [-0.1, -0.05) is 147 Å². The van der Waals surface area contributed by atoms with Gasteiger partial charge in [-0.2, -0.15) is 0 Å². The molecule has 0 radical (unpaired) electrons. The van der Waals surface area contributed by atoms with Crippen LogP contribution in [0.5, 0.6) is 0 Å². The summed E-state index contributed by atoms with van der Waals surface area (Å²) in [6, 6.07) is 46.4. The van der Waals surface area contributed by atoms with Crippen molar-refractivity contribution in [2.75, 3.05) is 0 Å². The molecule has 6 aromatic carbocycles. The van der Waals surface area contributed by atoms with Gasteiger partial charge in [-0.05, 0) is 141 Å². The van der Waals surface area contributed by atoms with Gasteiger partial charge in [0.1, 0.15) is 0 Å². The van der Waals surface area contributed by atoms with Crippen LogP contribution in [0.25, 0.3) is 55.0 Å². The topological polar surface area (TPSA) is 9.86 Å². The van der Waals surface area contributed by atoms with Gasteiger partial charge in [-0.25, -0.2) is 0 Å². The number of hydrogen-bond acceptors (Lipinski definition) is 1. The van der Waals surface area contributed by atoms with Crippen LogP contribution in [0, 0.1) is 0 Å². The van der Waals surface area contributed by atoms with Crippen molar-refractivity contribution in [3.05, 3.63) is 144 Å². The lowest BCUT2D eigenvalue weighted by Crippen LogP contribution is -2.10. The zero-order chi connectivity index (χ0) is 43.2. The molecule has 2 aromatic heterocycles. The van der Waals surface area contributed by atoms with Crippen molar-refractivity contribution in [1.82, 2.24) is 9.13 Å². The van der Waals surface area contributed by atoms with E-state index < -0.39 is 0 Å². The summed E-state index contributed by atoms with van der Waals surface area (Å²) in [4.78, 5) is 2.45. The first kappa shape index (κ1) is 43.8. The Labute approximate surface area is 360 Å². The fraction of sp³-hybridized carbons (Fsp3) is 0.357. The maximum atomic E-state index is 2.44. The Morgan fingerprint density at radius 1 is 0.305 bits per heavy atom. The number of nitrogens with zero attached hydrogens (tertiary/aromatic N) is 2. The highest BCUT2D eigenvalue weighted by atomic mass is 32.2. The van der Waals surface area contributed by atoms with Crippen LogP contribution in [-0.2, 0) is 21.7 Å². The Morgan fingerprint density at radius 2 is 0.525 bits per heavy atom. The van der Waals surface area contributed by atoms with Gasteiger partial charge in [0.05, 0.1) is 22.1 Å². The molecule has 0 amide bonds. The Bertz CT molecular complexity index is 2390. The molecule has 8 aromatic rings. The molecule has 0 saturated heterocycles. The van der Waals surface area contributed by atoms with Crippen molar-refractivity contribution < 1.29 is 0 Å². The normalized spacial score (nSPS) is 12.5. The summed E-state index contributed by atoms with van der Waals surface area (Å²) in [5, 5.41) is 5.28. The van der Waals surface area contributed by atoms with Gasteiger partial charge in [0, 0.05) is 42.7 Å². The summed E-state index contributed by atoms with van der Waals surface area (Å²) < 4.78 is 4.88. The number of aromatic nitrogens is 2. The minimum atomic E-state index is 0.0804. The number of rotatable bonds is 4.